The van der Waals surface area contributed by atoms with Gasteiger partial charge in [-0.15, -0.1) is 11.3 Å². The Morgan fingerprint density at radius 1 is 0.500 bits per heavy atom. The van der Waals surface area contributed by atoms with Crippen molar-refractivity contribution in [2.24, 2.45) is 0 Å². The highest BCUT2D eigenvalue weighted by Gasteiger charge is 2.23. The molecule has 0 amide bonds. The fourth-order valence-corrected chi connectivity index (χ4v) is 8.12. The van der Waals surface area contributed by atoms with E-state index in [0.29, 0.717) is 0 Å². The van der Waals surface area contributed by atoms with E-state index in [1.165, 1.54) is 25.9 Å². The van der Waals surface area contributed by atoms with Gasteiger partial charge in [0.15, 0.2) is 0 Å². The van der Waals surface area contributed by atoms with Gasteiger partial charge in [0.1, 0.15) is 22.3 Å². The molecule has 0 atom stereocenters. The maximum atomic E-state index is 6.35. The van der Waals surface area contributed by atoms with Gasteiger partial charge < -0.3 is 13.7 Å². The van der Waals surface area contributed by atoms with E-state index in [1.54, 1.807) is 11.3 Å². The van der Waals surface area contributed by atoms with E-state index in [4.69, 9.17) is 8.83 Å². The Kier molecular flexibility index (Phi) is 5.41. The molecule has 216 valence electrons. The van der Waals surface area contributed by atoms with Crippen LogP contribution in [0.3, 0.4) is 0 Å². The Morgan fingerprint density at radius 2 is 1.09 bits per heavy atom. The predicted octanol–water partition coefficient (Wildman–Crippen LogP) is 12.4. The largest absolute Gasteiger partial charge is 0.456 e. The number of anilines is 3. The van der Waals surface area contributed by atoms with Gasteiger partial charge in [0.2, 0.25) is 0 Å². The number of rotatable bonds is 4. The zero-order valence-corrected chi connectivity index (χ0v) is 25.3. The average molecular weight is 609 g/mol. The van der Waals surface area contributed by atoms with Crippen LogP contribution in [0.4, 0.5) is 17.1 Å². The summed E-state index contributed by atoms with van der Waals surface area (Å²) in [6.07, 6.45) is 1.87. The Labute approximate surface area is 267 Å². The molecule has 4 aromatic heterocycles. The summed E-state index contributed by atoms with van der Waals surface area (Å²) in [5, 5.41) is 5.53. The first-order chi connectivity index (χ1) is 22.8. The van der Waals surface area contributed by atoms with Crippen LogP contribution in [-0.4, -0.2) is 4.98 Å². The number of fused-ring (bicyclic) bond motifs is 9. The van der Waals surface area contributed by atoms with Crippen LogP contribution in [0.5, 0.6) is 0 Å². The molecule has 0 aliphatic rings. The van der Waals surface area contributed by atoms with Crippen molar-refractivity contribution in [1.29, 1.82) is 0 Å². The number of benzene rings is 6. The third-order valence-electron chi connectivity index (χ3n) is 8.93. The molecule has 0 spiro atoms. The lowest BCUT2D eigenvalue weighted by atomic mass is 10.0. The van der Waals surface area contributed by atoms with Crippen molar-refractivity contribution >= 4 is 92.6 Å². The number of nitrogens with zero attached hydrogens (tertiary/aromatic N) is 2. The molecule has 0 unspecified atom stereocenters. The van der Waals surface area contributed by atoms with Crippen molar-refractivity contribution in [3.8, 4) is 11.1 Å². The van der Waals surface area contributed by atoms with Gasteiger partial charge in [-0.1, -0.05) is 78.9 Å². The summed E-state index contributed by atoms with van der Waals surface area (Å²) in [6.45, 7) is 0. The molecule has 46 heavy (non-hydrogen) atoms. The van der Waals surface area contributed by atoms with E-state index in [0.717, 1.165) is 66.5 Å². The van der Waals surface area contributed by atoms with E-state index in [9.17, 15) is 0 Å². The first-order valence-electron chi connectivity index (χ1n) is 15.3. The lowest BCUT2D eigenvalue weighted by Crippen LogP contribution is -2.10. The molecule has 0 N–H and O–H groups in total. The molecule has 0 bridgehead atoms. The van der Waals surface area contributed by atoms with Crippen LogP contribution < -0.4 is 4.90 Å². The molecule has 4 nitrogen and oxygen atoms in total. The normalized spacial score (nSPS) is 11.9. The van der Waals surface area contributed by atoms with Crippen molar-refractivity contribution in [2.75, 3.05) is 4.90 Å². The second kappa shape index (κ2) is 9.80. The lowest BCUT2D eigenvalue weighted by Gasteiger charge is -2.27. The van der Waals surface area contributed by atoms with Crippen LogP contribution in [0.2, 0.25) is 0 Å². The number of thiophene rings is 1. The van der Waals surface area contributed by atoms with Crippen LogP contribution in [0.1, 0.15) is 0 Å². The molecule has 10 aromatic rings. The maximum Gasteiger partial charge on any atom is 0.137 e. The number of furan rings is 2. The van der Waals surface area contributed by atoms with Gasteiger partial charge in [-0.3, -0.25) is 4.98 Å². The lowest BCUT2D eigenvalue weighted by molar-refractivity contribution is 0.668. The second-order valence-electron chi connectivity index (χ2n) is 11.5. The second-order valence-corrected chi connectivity index (χ2v) is 12.6. The summed E-state index contributed by atoms with van der Waals surface area (Å²) in [5.41, 5.74) is 10.0. The summed E-state index contributed by atoms with van der Waals surface area (Å²) in [5.74, 6) is 0. The van der Waals surface area contributed by atoms with Gasteiger partial charge >= 0.3 is 0 Å². The summed E-state index contributed by atoms with van der Waals surface area (Å²) in [4.78, 5) is 7.03. The number of hydrogen-bond donors (Lipinski definition) is 0. The van der Waals surface area contributed by atoms with Gasteiger partial charge in [0.25, 0.3) is 0 Å². The number of hydrogen-bond acceptors (Lipinski definition) is 5. The smallest absolute Gasteiger partial charge is 0.137 e. The van der Waals surface area contributed by atoms with E-state index in [2.05, 4.69) is 119 Å². The molecule has 0 saturated carbocycles. The summed E-state index contributed by atoms with van der Waals surface area (Å²) in [7, 11) is 0. The predicted molar refractivity (Wildman–Crippen MR) is 192 cm³/mol. The number of pyridine rings is 1. The molecule has 0 radical (unpaired) electrons. The summed E-state index contributed by atoms with van der Waals surface area (Å²) < 4.78 is 15.2. The zero-order chi connectivity index (χ0) is 30.2. The Balaban J connectivity index is 1.22. The monoisotopic (exact) mass is 608 g/mol. The van der Waals surface area contributed by atoms with Gasteiger partial charge in [0.05, 0.1) is 32.4 Å². The first kappa shape index (κ1) is 25.4. The topological polar surface area (TPSA) is 42.4 Å². The Morgan fingerprint density at radius 3 is 1.76 bits per heavy atom. The number of para-hydroxylation sites is 2. The van der Waals surface area contributed by atoms with E-state index in [1.807, 2.05) is 36.5 Å². The van der Waals surface area contributed by atoms with E-state index >= 15 is 0 Å². The van der Waals surface area contributed by atoms with Crippen molar-refractivity contribution in [1.82, 2.24) is 4.98 Å². The van der Waals surface area contributed by atoms with Gasteiger partial charge in [-0.25, -0.2) is 0 Å². The van der Waals surface area contributed by atoms with E-state index < -0.39 is 0 Å². The highest BCUT2D eigenvalue weighted by atomic mass is 32.1. The Hall–Kier alpha value is -5.91. The van der Waals surface area contributed by atoms with Gasteiger partial charge in [-0.2, -0.15) is 0 Å². The highest BCUT2D eigenvalue weighted by molar-refractivity contribution is 7.26. The SMILES string of the molecule is c1ccc2c(c1)oc1cccc(N(c3ccc(-c4cccc5c4sc4cccnc45)cc3)c3cccc4oc5ccccc5c34)c12. The standard InChI is InChI=1S/C41H24N2O2S/c1-3-15-33-28(9-1)38-31(13-6-17-35(38)44-33)43(32-14-7-18-36-39(32)29-10-2-4-16-34(29)45-36)26-22-20-25(21-23-26)27-11-5-12-30-40-37(46-41(27)30)19-8-24-42-40/h1-24H. The van der Waals surface area contributed by atoms with Crippen molar-refractivity contribution in [3.63, 3.8) is 0 Å². The summed E-state index contributed by atoms with van der Waals surface area (Å²) in [6, 6.07) is 48.7. The third-order valence-corrected chi connectivity index (χ3v) is 10.1. The van der Waals surface area contributed by atoms with Crippen LogP contribution in [-0.2, 0) is 0 Å². The summed E-state index contributed by atoms with van der Waals surface area (Å²) >= 11 is 1.80. The highest BCUT2D eigenvalue weighted by Crippen LogP contribution is 2.47. The van der Waals surface area contributed by atoms with Crippen LogP contribution in [0, 0.1) is 0 Å². The van der Waals surface area contributed by atoms with Crippen LogP contribution in [0.25, 0.3) is 75.3 Å². The van der Waals surface area contributed by atoms with Crippen molar-refractivity contribution in [3.05, 3.63) is 146 Å². The molecule has 0 aliphatic heterocycles. The van der Waals surface area contributed by atoms with Crippen molar-refractivity contribution < 1.29 is 8.83 Å². The zero-order valence-electron chi connectivity index (χ0n) is 24.5. The molecule has 0 saturated heterocycles. The first-order valence-corrected chi connectivity index (χ1v) is 16.1. The van der Waals surface area contributed by atoms with E-state index in [-0.39, 0.29) is 0 Å². The van der Waals surface area contributed by atoms with Crippen molar-refractivity contribution in [2.45, 2.75) is 0 Å². The molecule has 4 heterocycles. The molecule has 6 aromatic carbocycles. The molecular formula is C41H24N2O2S. The van der Waals surface area contributed by atoms with Crippen LogP contribution >= 0.6 is 11.3 Å². The molecule has 10 rings (SSSR count). The van der Waals surface area contributed by atoms with Gasteiger partial charge in [0, 0.05) is 32.7 Å². The molecule has 5 heteroatoms. The minimum atomic E-state index is 0.856. The molecule has 0 aliphatic carbocycles. The quantitative estimate of drug-likeness (QED) is 0.199. The fourth-order valence-electron chi connectivity index (χ4n) is 6.93. The molecule has 0 fully saturated rings. The number of aromatic nitrogens is 1. The maximum absolute atomic E-state index is 6.35. The third kappa shape index (κ3) is 3.69. The minimum Gasteiger partial charge on any atom is -0.456 e. The Bertz CT molecular complexity index is 2660. The van der Waals surface area contributed by atoms with Crippen LogP contribution in [0.15, 0.2) is 155 Å². The molecular weight excluding hydrogens is 585 g/mol. The van der Waals surface area contributed by atoms with Gasteiger partial charge in [-0.05, 0) is 71.8 Å². The fraction of sp³-hybridized carbons (Fsp3) is 0. The average Bonchev–Trinajstić information content (AvgIpc) is 3.80. The minimum absolute atomic E-state index is 0.856.